The first-order valence-corrected chi connectivity index (χ1v) is 10.9. The van der Waals surface area contributed by atoms with Crippen LogP contribution in [0.2, 0.25) is 0 Å². The second-order valence-electron chi connectivity index (χ2n) is 7.43. The Labute approximate surface area is 182 Å². The molecule has 3 rings (SSSR count). The molecule has 31 heavy (non-hydrogen) atoms. The fourth-order valence-corrected chi connectivity index (χ4v) is 3.55. The predicted octanol–water partition coefficient (Wildman–Crippen LogP) is 1.74. The molecular weight excluding hydrogens is 398 g/mol. The van der Waals surface area contributed by atoms with E-state index in [1.165, 1.54) is 0 Å². The van der Waals surface area contributed by atoms with E-state index in [0.717, 1.165) is 24.3 Å². The number of carbonyl (C=O) groups is 2. The SMILES string of the molecule is CCNC(=O)CN1CCCN(C(=O)CCc2nc(-c3ccc(OCC)cc3)no2)CC1. The summed E-state index contributed by atoms with van der Waals surface area (Å²) in [5.74, 6) is 1.84. The molecule has 2 amide bonds. The van der Waals surface area contributed by atoms with Crippen molar-refractivity contribution in [1.29, 1.82) is 0 Å². The van der Waals surface area contributed by atoms with E-state index in [0.29, 0.717) is 63.9 Å². The molecule has 1 saturated heterocycles. The Kier molecular flexibility index (Phi) is 8.40. The van der Waals surface area contributed by atoms with Crippen molar-refractivity contribution in [3.63, 3.8) is 0 Å². The van der Waals surface area contributed by atoms with Crippen LogP contribution < -0.4 is 10.1 Å². The Balaban J connectivity index is 1.47. The molecule has 0 atom stereocenters. The molecule has 0 unspecified atom stereocenters. The second-order valence-corrected chi connectivity index (χ2v) is 7.43. The Bertz CT molecular complexity index is 852. The number of amides is 2. The zero-order valence-electron chi connectivity index (χ0n) is 18.3. The van der Waals surface area contributed by atoms with Gasteiger partial charge >= 0.3 is 0 Å². The van der Waals surface area contributed by atoms with Gasteiger partial charge in [0.1, 0.15) is 5.75 Å². The Hall–Kier alpha value is -2.94. The predicted molar refractivity (Wildman–Crippen MR) is 116 cm³/mol. The van der Waals surface area contributed by atoms with Gasteiger partial charge in [0.25, 0.3) is 0 Å². The highest BCUT2D eigenvalue weighted by molar-refractivity contribution is 5.78. The monoisotopic (exact) mass is 429 g/mol. The maximum Gasteiger partial charge on any atom is 0.234 e. The van der Waals surface area contributed by atoms with E-state index in [9.17, 15) is 9.59 Å². The number of hydrogen-bond donors (Lipinski definition) is 1. The van der Waals surface area contributed by atoms with Gasteiger partial charge in [-0.1, -0.05) is 5.16 Å². The first-order valence-electron chi connectivity index (χ1n) is 10.9. The number of nitrogens with one attached hydrogen (secondary N) is 1. The number of benzene rings is 1. The lowest BCUT2D eigenvalue weighted by Gasteiger charge is -2.21. The molecular formula is C22H31N5O4. The van der Waals surface area contributed by atoms with Crippen molar-refractivity contribution in [3.8, 4) is 17.1 Å². The zero-order chi connectivity index (χ0) is 22.1. The number of aromatic nitrogens is 2. The summed E-state index contributed by atoms with van der Waals surface area (Å²) in [4.78, 5) is 32.8. The second kappa shape index (κ2) is 11.5. The smallest absolute Gasteiger partial charge is 0.234 e. The van der Waals surface area contributed by atoms with Crippen LogP contribution in [-0.2, 0) is 16.0 Å². The summed E-state index contributed by atoms with van der Waals surface area (Å²) in [5.41, 5.74) is 0.837. The first-order chi connectivity index (χ1) is 15.1. The largest absolute Gasteiger partial charge is 0.494 e. The van der Waals surface area contributed by atoms with Crippen molar-refractivity contribution in [3.05, 3.63) is 30.2 Å². The molecule has 1 aromatic carbocycles. The molecule has 0 radical (unpaired) electrons. The molecule has 1 N–H and O–H groups in total. The van der Waals surface area contributed by atoms with Crippen LogP contribution in [0.4, 0.5) is 0 Å². The van der Waals surface area contributed by atoms with Crippen molar-refractivity contribution in [2.45, 2.75) is 33.1 Å². The summed E-state index contributed by atoms with van der Waals surface area (Å²) in [6.07, 6.45) is 1.58. The minimum atomic E-state index is 0.0296. The summed E-state index contributed by atoms with van der Waals surface area (Å²) in [7, 11) is 0. The molecule has 9 heteroatoms. The molecule has 1 aromatic heterocycles. The van der Waals surface area contributed by atoms with Crippen molar-refractivity contribution >= 4 is 11.8 Å². The van der Waals surface area contributed by atoms with E-state index >= 15 is 0 Å². The van der Waals surface area contributed by atoms with E-state index in [2.05, 4.69) is 20.4 Å². The van der Waals surface area contributed by atoms with Crippen molar-refractivity contribution < 1.29 is 18.8 Å². The molecule has 0 bridgehead atoms. The maximum atomic E-state index is 12.7. The molecule has 2 aromatic rings. The highest BCUT2D eigenvalue weighted by atomic mass is 16.5. The van der Waals surface area contributed by atoms with Crippen LogP contribution in [0.1, 0.15) is 32.6 Å². The normalized spacial score (nSPS) is 14.8. The average Bonchev–Trinajstić information content (AvgIpc) is 3.12. The van der Waals surface area contributed by atoms with Gasteiger partial charge < -0.3 is 19.5 Å². The summed E-state index contributed by atoms with van der Waals surface area (Å²) >= 11 is 0. The first kappa shape index (κ1) is 22.7. The number of ether oxygens (including phenoxy) is 1. The highest BCUT2D eigenvalue weighted by Crippen LogP contribution is 2.20. The van der Waals surface area contributed by atoms with Gasteiger partial charge in [-0.2, -0.15) is 4.98 Å². The highest BCUT2D eigenvalue weighted by Gasteiger charge is 2.21. The Morgan fingerprint density at radius 2 is 1.94 bits per heavy atom. The average molecular weight is 430 g/mol. The Morgan fingerprint density at radius 1 is 1.13 bits per heavy atom. The topological polar surface area (TPSA) is 101 Å². The molecule has 0 saturated carbocycles. The number of carbonyl (C=O) groups excluding carboxylic acids is 2. The van der Waals surface area contributed by atoms with Crippen molar-refractivity contribution in [1.82, 2.24) is 25.3 Å². The summed E-state index contributed by atoms with van der Waals surface area (Å²) in [6.45, 7) is 8.31. The summed E-state index contributed by atoms with van der Waals surface area (Å²) in [5, 5.41) is 6.84. The molecule has 1 aliphatic heterocycles. The van der Waals surface area contributed by atoms with Gasteiger partial charge in [0.05, 0.1) is 13.2 Å². The maximum absolute atomic E-state index is 12.7. The fourth-order valence-electron chi connectivity index (χ4n) is 3.55. The molecule has 168 valence electrons. The van der Waals surface area contributed by atoms with E-state index in [-0.39, 0.29) is 11.8 Å². The van der Waals surface area contributed by atoms with Crippen LogP contribution in [0.15, 0.2) is 28.8 Å². The number of likely N-dealkylation sites (N-methyl/N-ethyl adjacent to an activating group) is 1. The van der Waals surface area contributed by atoms with Crippen LogP contribution in [-0.4, -0.2) is 77.6 Å². The lowest BCUT2D eigenvalue weighted by molar-refractivity contribution is -0.131. The molecule has 0 aliphatic carbocycles. The third-order valence-corrected chi connectivity index (χ3v) is 5.13. The summed E-state index contributed by atoms with van der Waals surface area (Å²) < 4.78 is 10.8. The van der Waals surface area contributed by atoms with Crippen LogP contribution in [0.25, 0.3) is 11.4 Å². The van der Waals surface area contributed by atoms with Gasteiger partial charge in [-0.25, -0.2) is 0 Å². The van der Waals surface area contributed by atoms with Crippen molar-refractivity contribution in [2.75, 3.05) is 45.9 Å². The number of rotatable bonds is 9. The molecule has 0 spiro atoms. The number of hydrogen-bond acceptors (Lipinski definition) is 7. The van der Waals surface area contributed by atoms with Crippen molar-refractivity contribution in [2.24, 2.45) is 0 Å². The summed E-state index contributed by atoms with van der Waals surface area (Å²) in [6, 6.07) is 7.50. The van der Waals surface area contributed by atoms with E-state index in [1.807, 2.05) is 43.0 Å². The minimum absolute atomic E-state index is 0.0296. The third kappa shape index (κ3) is 6.78. The molecule has 1 aliphatic rings. The van der Waals surface area contributed by atoms with Gasteiger partial charge in [0, 0.05) is 51.1 Å². The molecule has 1 fully saturated rings. The van der Waals surface area contributed by atoms with Crippen LogP contribution in [0.5, 0.6) is 5.75 Å². The fraction of sp³-hybridized carbons (Fsp3) is 0.545. The van der Waals surface area contributed by atoms with Crippen LogP contribution in [0.3, 0.4) is 0 Å². The lowest BCUT2D eigenvalue weighted by Crippen LogP contribution is -2.40. The zero-order valence-corrected chi connectivity index (χ0v) is 18.3. The van der Waals surface area contributed by atoms with E-state index in [4.69, 9.17) is 9.26 Å². The minimum Gasteiger partial charge on any atom is -0.494 e. The quantitative estimate of drug-likeness (QED) is 0.648. The van der Waals surface area contributed by atoms with E-state index < -0.39 is 0 Å². The lowest BCUT2D eigenvalue weighted by atomic mass is 10.2. The Morgan fingerprint density at radius 3 is 2.68 bits per heavy atom. The van der Waals surface area contributed by atoms with Gasteiger partial charge in [0.15, 0.2) is 0 Å². The van der Waals surface area contributed by atoms with Gasteiger partial charge in [-0.3, -0.25) is 14.5 Å². The standard InChI is InChI=1S/C22H31N5O4/c1-3-23-19(28)16-26-12-5-13-27(15-14-26)21(29)11-10-20-24-22(25-31-20)17-6-8-18(9-7-17)30-4-2/h6-9H,3-5,10-16H2,1-2H3,(H,23,28). The van der Waals surface area contributed by atoms with Gasteiger partial charge in [-0.05, 0) is 44.5 Å². The van der Waals surface area contributed by atoms with Crippen LogP contribution >= 0.6 is 0 Å². The number of nitrogens with zero attached hydrogens (tertiary/aromatic N) is 4. The molecule has 9 nitrogen and oxygen atoms in total. The third-order valence-electron chi connectivity index (χ3n) is 5.13. The number of aryl methyl sites for hydroxylation is 1. The molecule has 2 heterocycles. The van der Waals surface area contributed by atoms with Gasteiger partial charge in [-0.15, -0.1) is 0 Å². The van der Waals surface area contributed by atoms with Crippen LogP contribution in [0, 0.1) is 0 Å². The van der Waals surface area contributed by atoms with E-state index in [1.54, 1.807) is 0 Å². The van der Waals surface area contributed by atoms with Gasteiger partial charge in [0.2, 0.25) is 23.5 Å².